The number of para-hydroxylation sites is 1. The average Bonchev–Trinajstić information content (AvgIpc) is 3.10. The molecule has 0 radical (unpaired) electrons. The summed E-state index contributed by atoms with van der Waals surface area (Å²) in [6, 6.07) is 6.70. The Morgan fingerprint density at radius 3 is 2.97 bits per heavy atom. The number of thioether (sulfide) groups is 1. The summed E-state index contributed by atoms with van der Waals surface area (Å²) >= 11 is 2.74. The molecular formula is C22H23N3O4S2. The molecule has 0 spiro atoms. The van der Waals surface area contributed by atoms with Crippen molar-refractivity contribution in [1.29, 1.82) is 0 Å². The number of ether oxygens (including phenoxy) is 1. The van der Waals surface area contributed by atoms with Gasteiger partial charge in [-0.25, -0.2) is 9.78 Å². The van der Waals surface area contributed by atoms with Crippen LogP contribution in [0.5, 0.6) is 0 Å². The maximum absolute atomic E-state index is 12.7. The molecule has 31 heavy (non-hydrogen) atoms. The monoisotopic (exact) mass is 457 g/mol. The lowest BCUT2D eigenvalue weighted by molar-refractivity contribution is -0.113. The van der Waals surface area contributed by atoms with Crippen LogP contribution in [0, 0.1) is 5.92 Å². The number of nitrogens with one attached hydrogen (secondary N) is 2. The molecule has 9 heteroatoms. The minimum atomic E-state index is -0.488. The van der Waals surface area contributed by atoms with Crippen LogP contribution in [-0.4, -0.2) is 34.2 Å². The van der Waals surface area contributed by atoms with E-state index in [0.29, 0.717) is 27.7 Å². The van der Waals surface area contributed by atoms with E-state index in [1.54, 1.807) is 42.5 Å². The highest BCUT2D eigenvalue weighted by Gasteiger charge is 2.23. The SMILES string of the molecule is CCOC(=O)c1ccccc1NC(=O)CSc1nc2sc3c(c2c(=O)[nH]1)CCC(C)C3. The Morgan fingerprint density at radius 1 is 1.35 bits per heavy atom. The number of fused-ring (bicyclic) bond motifs is 3. The van der Waals surface area contributed by atoms with E-state index >= 15 is 0 Å². The highest BCUT2D eigenvalue weighted by Crippen LogP contribution is 2.36. The number of thiophene rings is 1. The van der Waals surface area contributed by atoms with Gasteiger partial charge in [0.1, 0.15) is 4.83 Å². The lowest BCUT2D eigenvalue weighted by atomic mass is 9.89. The van der Waals surface area contributed by atoms with Crippen molar-refractivity contribution in [3.05, 3.63) is 50.6 Å². The summed E-state index contributed by atoms with van der Waals surface area (Å²) in [4.78, 5) is 46.6. The van der Waals surface area contributed by atoms with Gasteiger partial charge in [-0.15, -0.1) is 11.3 Å². The van der Waals surface area contributed by atoms with Crippen LogP contribution in [0.25, 0.3) is 10.2 Å². The quantitative estimate of drug-likeness (QED) is 0.329. The fourth-order valence-electron chi connectivity index (χ4n) is 3.70. The summed E-state index contributed by atoms with van der Waals surface area (Å²) in [5.41, 5.74) is 1.68. The van der Waals surface area contributed by atoms with Gasteiger partial charge in [-0.2, -0.15) is 0 Å². The number of hydrogen-bond acceptors (Lipinski definition) is 7. The van der Waals surface area contributed by atoms with Crippen molar-refractivity contribution in [3.8, 4) is 0 Å². The van der Waals surface area contributed by atoms with E-state index in [9.17, 15) is 14.4 Å². The van der Waals surface area contributed by atoms with E-state index in [1.165, 1.54) is 4.88 Å². The van der Waals surface area contributed by atoms with Crippen LogP contribution < -0.4 is 10.9 Å². The molecule has 1 aromatic carbocycles. The first-order chi connectivity index (χ1) is 15.0. The topological polar surface area (TPSA) is 101 Å². The predicted octanol–water partition coefficient (Wildman–Crippen LogP) is 4.02. The first-order valence-corrected chi connectivity index (χ1v) is 12.0. The Kier molecular flexibility index (Phi) is 6.43. The Labute approximate surface area is 187 Å². The van der Waals surface area contributed by atoms with Gasteiger partial charge in [0.25, 0.3) is 5.56 Å². The van der Waals surface area contributed by atoms with Crippen molar-refractivity contribution in [2.75, 3.05) is 17.7 Å². The number of benzene rings is 1. The van der Waals surface area contributed by atoms with Crippen LogP contribution in [0.1, 0.15) is 41.1 Å². The lowest BCUT2D eigenvalue weighted by Crippen LogP contribution is -2.18. The third-order valence-electron chi connectivity index (χ3n) is 5.18. The zero-order chi connectivity index (χ0) is 22.0. The summed E-state index contributed by atoms with van der Waals surface area (Å²) in [5.74, 6) is -0.120. The van der Waals surface area contributed by atoms with Crippen LogP contribution in [0.15, 0.2) is 34.2 Å². The second-order valence-electron chi connectivity index (χ2n) is 7.51. The minimum absolute atomic E-state index is 0.0493. The largest absolute Gasteiger partial charge is 0.462 e. The molecule has 0 saturated carbocycles. The van der Waals surface area contributed by atoms with Gasteiger partial charge in [0.05, 0.1) is 29.0 Å². The van der Waals surface area contributed by atoms with Crippen LogP contribution in [-0.2, 0) is 22.4 Å². The maximum atomic E-state index is 12.7. The number of rotatable bonds is 6. The number of H-pyrrole nitrogens is 1. The van der Waals surface area contributed by atoms with Crippen molar-refractivity contribution in [2.24, 2.45) is 5.92 Å². The van der Waals surface area contributed by atoms with E-state index in [0.717, 1.165) is 41.4 Å². The summed E-state index contributed by atoms with van der Waals surface area (Å²) < 4.78 is 5.03. The standard InChI is InChI=1S/C22H23N3O4S2/c1-3-29-21(28)13-6-4-5-7-15(13)23-17(26)11-30-22-24-19(27)18-14-9-8-12(2)10-16(14)31-20(18)25-22/h4-7,12H,3,8-11H2,1-2H3,(H,23,26)(H,24,25,27). The molecule has 0 bridgehead atoms. The molecule has 0 saturated heterocycles. The van der Waals surface area contributed by atoms with Gasteiger partial charge in [0, 0.05) is 4.88 Å². The third kappa shape index (κ3) is 4.67. The third-order valence-corrected chi connectivity index (χ3v) is 7.20. The Morgan fingerprint density at radius 2 is 2.16 bits per heavy atom. The number of amides is 1. The number of nitrogens with zero attached hydrogens (tertiary/aromatic N) is 1. The van der Waals surface area contributed by atoms with Gasteiger partial charge < -0.3 is 15.0 Å². The maximum Gasteiger partial charge on any atom is 0.340 e. The van der Waals surface area contributed by atoms with Crippen LogP contribution >= 0.6 is 23.1 Å². The number of esters is 1. The second-order valence-corrected chi connectivity index (χ2v) is 9.55. The number of anilines is 1. The van der Waals surface area contributed by atoms with Crippen LogP contribution in [0.4, 0.5) is 5.69 Å². The first kappa shape index (κ1) is 21.6. The first-order valence-electron chi connectivity index (χ1n) is 10.2. The van der Waals surface area contributed by atoms with Crippen molar-refractivity contribution in [2.45, 2.75) is 38.3 Å². The number of carbonyl (C=O) groups is 2. The molecule has 0 fully saturated rings. The summed E-state index contributed by atoms with van der Waals surface area (Å²) in [6.45, 7) is 4.21. The van der Waals surface area contributed by atoms with Gasteiger partial charge >= 0.3 is 5.97 Å². The molecule has 1 aliphatic carbocycles. The van der Waals surface area contributed by atoms with E-state index in [1.807, 2.05) is 0 Å². The molecule has 3 aromatic rings. The normalized spacial score (nSPS) is 15.5. The molecule has 162 valence electrons. The molecule has 0 aliphatic heterocycles. The number of aromatic amines is 1. The van der Waals surface area contributed by atoms with Gasteiger partial charge in [-0.3, -0.25) is 9.59 Å². The van der Waals surface area contributed by atoms with Crippen molar-refractivity contribution in [3.63, 3.8) is 0 Å². The summed E-state index contributed by atoms with van der Waals surface area (Å²) in [7, 11) is 0. The Bertz CT molecular complexity index is 1200. The highest BCUT2D eigenvalue weighted by molar-refractivity contribution is 7.99. The average molecular weight is 458 g/mol. The summed E-state index contributed by atoms with van der Waals surface area (Å²) in [5, 5.41) is 3.85. The number of aromatic nitrogens is 2. The number of hydrogen-bond donors (Lipinski definition) is 2. The molecule has 1 amide bonds. The van der Waals surface area contributed by atoms with Gasteiger partial charge in [-0.1, -0.05) is 30.8 Å². The molecule has 4 rings (SSSR count). The van der Waals surface area contributed by atoms with E-state index in [2.05, 4.69) is 22.2 Å². The smallest absolute Gasteiger partial charge is 0.340 e. The van der Waals surface area contributed by atoms with Crippen LogP contribution in [0.3, 0.4) is 0 Å². The van der Waals surface area contributed by atoms with Gasteiger partial charge in [0.2, 0.25) is 5.91 Å². The van der Waals surface area contributed by atoms with Crippen LogP contribution in [0.2, 0.25) is 0 Å². The van der Waals surface area contributed by atoms with Crippen molar-refractivity contribution in [1.82, 2.24) is 9.97 Å². The predicted molar refractivity (Wildman–Crippen MR) is 123 cm³/mol. The molecule has 1 atom stereocenters. The summed E-state index contributed by atoms with van der Waals surface area (Å²) in [6.07, 6.45) is 2.98. The lowest BCUT2D eigenvalue weighted by Gasteiger charge is -2.17. The Hall–Kier alpha value is -2.65. The number of aryl methyl sites for hydroxylation is 1. The van der Waals surface area contributed by atoms with Gasteiger partial charge in [-0.05, 0) is 49.8 Å². The zero-order valence-corrected chi connectivity index (χ0v) is 19.0. The second kappa shape index (κ2) is 9.23. The Balaban J connectivity index is 1.47. The molecule has 7 nitrogen and oxygen atoms in total. The molecule has 2 N–H and O–H groups in total. The number of carbonyl (C=O) groups excluding carboxylic acids is 2. The molecule has 1 aliphatic rings. The van der Waals surface area contributed by atoms with E-state index in [-0.39, 0.29) is 23.8 Å². The molecule has 2 heterocycles. The zero-order valence-electron chi connectivity index (χ0n) is 17.3. The molecule has 1 unspecified atom stereocenters. The minimum Gasteiger partial charge on any atom is -0.462 e. The van der Waals surface area contributed by atoms with Gasteiger partial charge in [0.15, 0.2) is 5.16 Å². The van der Waals surface area contributed by atoms with E-state index in [4.69, 9.17) is 4.74 Å². The van der Waals surface area contributed by atoms with Crippen molar-refractivity contribution >= 4 is 50.9 Å². The van der Waals surface area contributed by atoms with Crippen molar-refractivity contribution < 1.29 is 14.3 Å². The van der Waals surface area contributed by atoms with E-state index < -0.39 is 5.97 Å². The highest BCUT2D eigenvalue weighted by atomic mass is 32.2. The fraction of sp³-hybridized carbons (Fsp3) is 0.364. The fourth-order valence-corrected chi connectivity index (χ4v) is 5.80. The molecule has 2 aromatic heterocycles. The molecular weight excluding hydrogens is 434 g/mol.